The van der Waals surface area contributed by atoms with Gasteiger partial charge in [-0.15, -0.1) is 11.3 Å². The number of anilines is 1. The number of nitrogens with one attached hydrogen (secondary N) is 1. The first kappa shape index (κ1) is 19.2. The van der Waals surface area contributed by atoms with Crippen LogP contribution in [0.15, 0.2) is 17.2 Å². The number of carboxylic acid groups (broad SMARTS) is 1. The van der Waals surface area contributed by atoms with Gasteiger partial charge < -0.3 is 16.2 Å². The predicted molar refractivity (Wildman–Crippen MR) is 97.7 cm³/mol. The zero-order chi connectivity index (χ0) is 18.7. The monoisotopic (exact) mass is 364 g/mol. The van der Waals surface area contributed by atoms with Gasteiger partial charge in [0.1, 0.15) is 5.00 Å². The highest BCUT2D eigenvalue weighted by molar-refractivity contribution is 7.16. The number of primary amides is 1. The van der Waals surface area contributed by atoms with Crippen molar-refractivity contribution in [2.75, 3.05) is 5.32 Å². The van der Waals surface area contributed by atoms with Crippen molar-refractivity contribution in [2.45, 2.75) is 46.5 Å². The van der Waals surface area contributed by atoms with Crippen LogP contribution in [-0.4, -0.2) is 22.9 Å². The minimum Gasteiger partial charge on any atom is -0.481 e. The normalized spacial score (nSPS) is 20.4. The predicted octanol–water partition coefficient (Wildman–Crippen LogP) is 3.19. The molecule has 1 heterocycles. The summed E-state index contributed by atoms with van der Waals surface area (Å²) in [5.74, 6) is -3.35. The molecule has 0 radical (unpaired) electrons. The Morgan fingerprint density at radius 1 is 1.24 bits per heavy atom. The number of allylic oxidation sites excluding steroid dienone is 2. The Kier molecular flexibility index (Phi) is 6.00. The summed E-state index contributed by atoms with van der Waals surface area (Å²) in [5, 5.41) is 12.6. The molecule has 4 N–H and O–H groups in total. The molecule has 0 bridgehead atoms. The molecule has 25 heavy (non-hydrogen) atoms. The van der Waals surface area contributed by atoms with Crippen LogP contribution in [0.5, 0.6) is 0 Å². The Morgan fingerprint density at radius 2 is 1.84 bits per heavy atom. The first-order valence-corrected chi connectivity index (χ1v) is 9.17. The zero-order valence-corrected chi connectivity index (χ0v) is 15.5. The van der Waals surface area contributed by atoms with E-state index in [2.05, 4.69) is 5.32 Å². The SMILES string of the molecule is CCCc1cc(C(N)=O)c(NC(=O)[C@H]2CC(C)=C(C)C[C@@H]2C(=O)O)s1. The van der Waals surface area contributed by atoms with E-state index in [9.17, 15) is 19.5 Å². The first-order valence-electron chi connectivity index (χ1n) is 8.36. The maximum atomic E-state index is 12.7. The highest BCUT2D eigenvalue weighted by Crippen LogP contribution is 2.36. The van der Waals surface area contributed by atoms with Crippen LogP contribution < -0.4 is 11.1 Å². The van der Waals surface area contributed by atoms with Gasteiger partial charge in [0.05, 0.1) is 17.4 Å². The van der Waals surface area contributed by atoms with E-state index in [1.807, 2.05) is 20.8 Å². The summed E-state index contributed by atoms with van der Waals surface area (Å²) in [7, 11) is 0. The lowest BCUT2D eigenvalue weighted by atomic mass is 9.76. The number of rotatable bonds is 6. The second kappa shape index (κ2) is 7.82. The van der Waals surface area contributed by atoms with E-state index in [-0.39, 0.29) is 11.5 Å². The van der Waals surface area contributed by atoms with Crippen molar-refractivity contribution in [3.8, 4) is 0 Å². The summed E-state index contributed by atoms with van der Waals surface area (Å²) in [6, 6.07) is 1.71. The maximum absolute atomic E-state index is 12.7. The summed E-state index contributed by atoms with van der Waals surface area (Å²) in [6.07, 6.45) is 2.49. The topological polar surface area (TPSA) is 109 Å². The number of hydrogen-bond acceptors (Lipinski definition) is 4. The molecule has 2 atom stereocenters. The lowest BCUT2D eigenvalue weighted by Gasteiger charge is -2.29. The summed E-state index contributed by atoms with van der Waals surface area (Å²) in [4.78, 5) is 36.9. The van der Waals surface area contributed by atoms with Crippen molar-refractivity contribution in [3.05, 3.63) is 27.7 Å². The summed E-state index contributed by atoms with van der Waals surface area (Å²) in [6.45, 7) is 5.85. The molecule has 0 unspecified atom stereocenters. The molecule has 2 rings (SSSR count). The highest BCUT2D eigenvalue weighted by Gasteiger charge is 2.37. The van der Waals surface area contributed by atoms with Crippen LogP contribution in [0.25, 0.3) is 0 Å². The molecular formula is C18H24N2O4S. The van der Waals surface area contributed by atoms with Crippen molar-refractivity contribution in [1.82, 2.24) is 0 Å². The van der Waals surface area contributed by atoms with Crippen LogP contribution in [0.4, 0.5) is 5.00 Å². The third-order valence-electron chi connectivity index (χ3n) is 4.70. The lowest BCUT2D eigenvalue weighted by molar-refractivity contribution is -0.146. The molecule has 1 aromatic heterocycles. The van der Waals surface area contributed by atoms with E-state index in [0.717, 1.165) is 28.9 Å². The number of amides is 2. The molecular weight excluding hydrogens is 340 g/mol. The molecule has 2 amide bonds. The molecule has 1 aliphatic carbocycles. The molecule has 0 aliphatic heterocycles. The maximum Gasteiger partial charge on any atom is 0.307 e. The van der Waals surface area contributed by atoms with Crippen molar-refractivity contribution in [2.24, 2.45) is 17.6 Å². The molecule has 0 aromatic carbocycles. The van der Waals surface area contributed by atoms with Crippen LogP contribution in [0.2, 0.25) is 0 Å². The average Bonchev–Trinajstić information content (AvgIpc) is 2.92. The summed E-state index contributed by atoms with van der Waals surface area (Å²) < 4.78 is 0. The zero-order valence-electron chi connectivity index (χ0n) is 14.7. The van der Waals surface area contributed by atoms with Gasteiger partial charge >= 0.3 is 5.97 Å². The fraction of sp³-hybridized carbons (Fsp3) is 0.500. The number of carbonyl (C=O) groups is 3. The van der Waals surface area contributed by atoms with E-state index >= 15 is 0 Å². The number of hydrogen-bond donors (Lipinski definition) is 3. The molecule has 1 aliphatic rings. The van der Waals surface area contributed by atoms with Crippen LogP contribution in [0.1, 0.15) is 55.3 Å². The van der Waals surface area contributed by atoms with Crippen molar-refractivity contribution in [1.29, 1.82) is 0 Å². The Hall–Kier alpha value is -2.15. The molecule has 0 spiro atoms. The van der Waals surface area contributed by atoms with Gasteiger partial charge in [0, 0.05) is 4.88 Å². The van der Waals surface area contributed by atoms with Crippen molar-refractivity contribution in [3.63, 3.8) is 0 Å². The number of carbonyl (C=O) groups excluding carboxylic acids is 2. The largest absolute Gasteiger partial charge is 0.481 e. The van der Waals surface area contributed by atoms with E-state index in [0.29, 0.717) is 17.8 Å². The van der Waals surface area contributed by atoms with E-state index in [1.165, 1.54) is 11.3 Å². The first-order chi connectivity index (χ1) is 11.7. The average molecular weight is 364 g/mol. The van der Waals surface area contributed by atoms with Crippen LogP contribution in [0, 0.1) is 11.8 Å². The summed E-state index contributed by atoms with van der Waals surface area (Å²) in [5.41, 5.74) is 7.76. The van der Waals surface area contributed by atoms with Crippen LogP contribution in [0.3, 0.4) is 0 Å². The Labute approximate surface area is 151 Å². The second-order valence-corrected chi connectivity index (χ2v) is 7.72. The fourth-order valence-electron chi connectivity index (χ4n) is 3.12. The number of nitrogens with two attached hydrogens (primary N) is 1. The molecule has 1 aromatic rings. The highest BCUT2D eigenvalue weighted by atomic mass is 32.1. The van der Waals surface area contributed by atoms with Crippen molar-refractivity contribution < 1.29 is 19.5 Å². The fourth-order valence-corrected chi connectivity index (χ4v) is 4.29. The van der Waals surface area contributed by atoms with E-state index in [4.69, 9.17) is 5.73 Å². The van der Waals surface area contributed by atoms with Gasteiger partial charge in [-0.3, -0.25) is 14.4 Å². The lowest BCUT2D eigenvalue weighted by Crippen LogP contribution is -2.36. The van der Waals surface area contributed by atoms with Gasteiger partial charge in [-0.25, -0.2) is 0 Å². The van der Waals surface area contributed by atoms with Gasteiger partial charge in [-0.2, -0.15) is 0 Å². The van der Waals surface area contributed by atoms with Crippen LogP contribution >= 0.6 is 11.3 Å². The van der Waals surface area contributed by atoms with Crippen molar-refractivity contribution >= 4 is 34.1 Å². The minimum atomic E-state index is -0.972. The van der Waals surface area contributed by atoms with Gasteiger partial charge in [0.25, 0.3) is 5.91 Å². The molecule has 7 heteroatoms. The van der Waals surface area contributed by atoms with Gasteiger partial charge in [0.15, 0.2) is 0 Å². The second-order valence-electron chi connectivity index (χ2n) is 6.58. The van der Waals surface area contributed by atoms with Gasteiger partial charge in [0.2, 0.25) is 5.91 Å². The Balaban J connectivity index is 2.26. The van der Waals surface area contributed by atoms with E-state index in [1.54, 1.807) is 6.07 Å². The Morgan fingerprint density at radius 3 is 2.36 bits per heavy atom. The number of aliphatic carboxylic acids is 1. The summed E-state index contributed by atoms with van der Waals surface area (Å²) >= 11 is 1.32. The quantitative estimate of drug-likeness (QED) is 0.673. The molecule has 6 nitrogen and oxygen atoms in total. The third-order valence-corrected chi connectivity index (χ3v) is 5.81. The Bertz CT molecular complexity index is 735. The molecule has 0 saturated heterocycles. The smallest absolute Gasteiger partial charge is 0.307 e. The minimum absolute atomic E-state index is 0.285. The number of thiophene rings is 1. The standard InChI is InChI=1S/C18H24N2O4S/c1-4-5-11-8-14(15(19)21)17(25-11)20-16(22)12-6-9(2)10(3)7-13(12)18(23)24/h8,12-13H,4-7H2,1-3H3,(H2,19,21)(H,20,22)(H,23,24)/t12-,13-/m0/s1. The third kappa shape index (κ3) is 4.28. The van der Waals surface area contributed by atoms with Crippen LogP contribution in [-0.2, 0) is 16.0 Å². The number of carboxylic acids is 1. The molecule has 0 saturated carbocycles. The van der Waals surface area contributed by atoms with Gasteiger partial charge in [-0.1, -0.05) is 24.5 Å². The van der Waals surface area contributed by atoms with Gasteiger partial charge in [-0.05, 0) is 39.2 Å². The van der Waals surface area contributed by atoms with E-state index < -0.39 is 23.7 Å². The number of aryl methyl sites for hydroxylation is 1. The molecule has 136 valence electrons. The molecule has 0 fully saturated rings.